The van der Waals surface area contributed by atoms with E-state index < -0.39 is 0 Å². The maximum absolute atomic E-state index is 10.4. The van der Waals surface area contributed by atoms with E-state index in [1.54, 1.807) is 6.07 Å². The van der Waals surface area contributed by atoms with E-state index >= 15 is 0 Å². The quantitative estimate of drug-likeness (QED) is 0.701. The number of ether oxygens (including phenoxy) is 1. The second kappa shape index (κ2) is 4.01. The van der Waals surface area contributed by atoms with Gasteiger partial charge in [-0.1, -0.05) is 17.7 Å². The molecule has 0 aliphatic carbocycles. The van der Waals surface area contributed by atoms with Crippen LogP contribution in [-0.2, 0) is 17.6 Å². The molecule has 74 valence electrons. The summed E-state index contributed by atoms with van der Waals surface area (Å²) in [6.45, 7) is 0.736. The standard InChI is InChI=1S/C11H11ClO2/c12-10-7-8(3-4-13)6-9-2-1-5-14-11(9)10/h4,6-7H,1-3,5H2. The van der Waals surface area contributed by atoms with Gasteiger partial charge < -0.3 is 9.53 Å². The summed E-state index contributed by atoms with van der Waals surface area (Å²) in [5.74, 6) is 0.799. The number of carbonyl (C=O) groups is 1. The van der Waals surface area contributed by atoms with Crippen molar-refractivity contribution in [3.05, 3.63) is 28.3 Å². The third-order valence-electron chi connectivity index (χ3n) is 2.34. The minimum absolute atomic E-state index is 0.424. The minimum atomic E-state index is 0.424. The minimum Gasteiger partial charge on any atom is -0.492 e. The second-order valence-corrected chi connectivity index (χ2v) is 3.80. The fourth-order valence-electron chi connectivity index (χ4n) is 1.71. The number of aryl methyl sites for hydroxylation is 1. The molecule has 1 aliphatic heterocycles. The lowest BCUT2D eigenvalue weighted by molar-refractivity contribution is -0.107. The molecular formula is C11H11ClO2. The maximum Gasteiger partial charge on any atom is 0.141 e. The van der Waals surface area contributed by atoms with E-state index in [0.717, 1.165) is 42.6 Å². The number of aldehydes is 1. The van der Waals surface area contributed by atoms with Crippen molar-refractivity contribution in [1.29, 1.82) is 0 Å². The Morgan fingerprint density at radius 1 is 1.50 bits per heavy atom. The fraction of sp³-hybridized carbons (Fsp3) is 0.364. The van der Waals surface area contributed by atoms with Crippen LogP contribution in [0.4, 0.5) is 0 Å². The summed E-state index contributed by atoms with van der Waals surface area (Å²) < 4.78 is 5.47. The summed E-state index contributed by atoms with van der Waals surface area (Å²) in [5.41, 5.74) is 2.09. The van der Waals surface area contributed by atoms with Crippen molar-refractivity contribution in [3.8, 4) is 5.75 Å². The van der Waals surface area contributed by atoms with E-state index in [2.05, 4.69) is 0 Å². The third kappa shape index (κ3) is 1.75. The third-order valence-corrected chi connectivity index (χ3v) is 2.62. The van der Waals surface area contributed by atoms with Gasteiger partial charge in [0.25, 0.3) is 0 Å². The van der Waals surface area contributed by atoms with Crippen molar-refractivity contribution in [2.24, 2.45) is 0 Å². The molecule has 0 radical (unpaired) electrons. The van der Waals surface area contributed by atoms with Crippen LogP contribution < -0.4 is 4.74 Å². The normalized spacial score (nSPS) is 14.4. The van der Waals surface area contributed by atoms with Gasteiger partial charge in [0.1, 0.15) is 12.0 Å². The number of carbonyl (C=O) groups excluding carboxylic acids is 1. The molecule has 1 aliphatic rings. The zero-order valence-electron chi connectivity index (χ0n) is 7.75. The van der Waals surface area contributed by atoms with Crippen molar-refractivity contribution < 1.29 is 9.53 Å². The molecule has 1 aromatic carbocycles. The smallest absolute Gasteiger partial charge is 0.141 e. The Kier molecular flexibility index (Phi) is 2.73. The highest BCUT2D eigenvalue weighted by Gasteiger charge is 2.14. The molecular weight excluding hydrogens is 200 g/mol. The number of fused-ring (bicyclic) bond motifs is 1. The Morgan fingerprint density at radius 2 is 2.36 bits per heavy atom. The van der Waals surface area contributed by atoms with Crippen LogP contribution in [0, 0.1) is 0 Å². The van der Waals surface area contributed by atoms with Crippen molar-refractivity contribution in [2.45, 2.75) is 19.3 Å². The Bertz CT molecular complexity index is 361. The summed E-state index contributed by atoms with van der Waals surface area (Å²) in [7, 11) is 0. The Labute approximate surface area is 87.8 Å². The van der Waals surface area contributed by atoms with Crippen LogP contribution >= 0.6 is 11.6 Å². The molecule has 3 heteroatoms. The molecule has 1 aromatic rings. The van der Waals surface area contributed by atoms with Crippen molar-refractivity contribution in [1.82, 2.24) is 0 Å². The number of halogens is 1. The monoisotopic (exact) mass is 210 g/mol. The molecule has 2 nitrogen and oxygen atoms in total. The van der Waals surface area contributed by atoms with E-state index in [1.807, 2.05) is 6.07 Å². The van der Waals surface area contributed by atoms with Crippen molar-refractivity contribution in [3.63, 3.8) is 0 Å². The van der Waals surface area contributed by atoms with Crippen LogP contribution in [-0.4, -0.2) is 12.9 Å². The summed E-state index contributed by atoms with van der Waals surface area (Å²) in [4.78, 5) is 10.4. The van der Waals surface area contributed by atoms with Gasteiger partial charge in [-0.15, -0.1) is 0 Å². The largest absolute Gasteiger partial charge is 0.492 e. The zero-order chi connectivity index (χ0) is 9.97. The average molecular weight is 211 g/mol. The average Bonchev–Trinajstić information content (AvgIpc) is 2.18. The topological polar surface area (TPSA) is 26.3 Å². The Balaban J connectivity index is 2.40. The molecule has 0 saturated carbocycles. The van der Waals surface area contributed by atoms with Gasteiger partial charge in [-0.05, 0) is 30.0 Å². The molecule has 0 aromatic heterocycles. The zero-order valence-corrected chi connectivity index (χ0v) is 8.51. The van der Waals surface area contributed by atoms with E-state index in [4.69, 9.17) is 16.3 Å². The van der Waals surface area contributed by atoms with Crippen molar-refractivity contribution >= 4 is 17.9 Å². The van der Waals surface area contributed by atoms with Crippen LogP contribution in [0.25, 0.3) is 0 Å². The van der Waals surface area contributed by atoms with Gasteiger partial charge in [0.15, 0.2) is 0 Å². The van der Waals surface area contributed by atoms with Crippen LogP contribution in [0.5, 0.6) is 5.75 Å². The first kappa shape index (κ1) is 9.53. The molecule has 14 heavy (non-hydrogen) atoms. The van der Waals surface area contributed by atoms with Gasteiger partial charge in [-0.2, -0.15) is 0 Å². The maximum atomic E-state index is 10.4. The first-order chi connectivity index (χ1) is 6.81. The lowest BCUT2D eigenvalue weighted by atomic mass is 10.0. The molecule has 0 bridgehead atoms. The van der Waals surface area contributed by atoms with Gasteiger partial charge >= 0.3 is 0 Å². The molecule has 0 fully saturated rings. The predicted octanol–water partition coefficient (Wildman–Crippen LogP) is 2.41. The molecule has 0 spiro atoms. The predicted molar refractivity (Wildman–Crippen MR) is 55.0 cm³/mol. The summed E-state index contributed by atoms with van der Waals surface area (Å²) >= 11 is 6.04. The lowest BCUT2D eigenvalue weighted by Crippen LogP contribution is -2.09. The second-order valence-electron chi connectivity index (χ2n) is 3.39. The number of rotatable bonds is 2. The molecule has 0 amide bonds. The first-order valence-electron chi connectivity index (χ1n) is 4.69. The molecule has 0 saturated heterocycles. The first-order valence-corrected chi connectivity index (χ1v) is 5.07. The highest BCUT2D eigenvalue weighted by Crippen LogP contribution is 2.33. The van der Waals surface area contributed by atoms with Crippen LogP contribution in [0.15, 0.2) is 12.1 Å². The molecule has 0 atom stereocenters. The molecule has 2 rings (SSSR count). The lowest BCUT2D eigenvalue weighted by Gasteiger charge is -2.19. The van der Waals surface area contributed by atoms with Gasteiger partial charge in [0, 0.05) is 6.42 Å². The van der Waals surface area contributed by atoms with Gasteiger partial charge in [-0.3, -0.25) is 0 Å². The number of hydrogen-bond donors (Lipinski definition) is 0. The highest BCUT2D eigenvalue weighted by atomic mass is 35.5. The Hall–Kier alpha value is -1.02. The van der Waals surface area contributed by atoms with Crippen LogP contribution in [0.3, 0.4) is 0 Å². The van der Waals surface area contributed by atoms with Gasteiger partial charge in [0.2, 0.25) is 0 Å². The Morgan fingerprint density at radius 3 is 3.14 bits per heavy atom. The van der Waals surface area contributed by atoms with Gasteiger partial charge in [0.05, 0.1) is 11.6 Å². The SMILES string of the molecule is O=CCc1cc(Cl)c2c(c1)CCCO2. The number of benzene rings is 1. The summed E-state index contributed by atoms with van der Waals surface area (Å²) in [5, 5.41) is 0.624. The van der Waals surface area contributed by atoms with E-state index in [-0.39, 0.29) is 0 Å². The van der Waals surface area contributed by atoms with E-state index in [1.165, 1.54) is 0 Å². The van der Waals surface area contributed by atoms with E-state index in [0.29, 0.717) is 11.4 Å². The van der Waals surface area contributed by atoms with Gasteiger partial charge in [-0.25, -0.2) is 0 Å². The highest BCUT2D eigenvalue weighted by molar-refractivity contribution is 6.32. The fourth-order valence-corrected chi connectivity index (χ4v) is 2.03. The van der Waals surface area contributed by atoms with Crippen LogP contribution in [0.2, 0.25) is 5.02 Å². The number of hydrogen-bond acceptors (Lipinski definition) is 2. The molecule has 0 unspecified atom stereocenters. The van der Waals surface area contributed by atoms with Crippen LogP contribution in [0.1, 0.15) is 17.5 Å². The molecule has 1 heterocycles. The molecule has 0 N–H and O–H groups in total. The summed E-state index contributed by atoms with van der Waals surface area (Å²) in [6.07, 6.45) is 3.32. The van der Waals surface area contributed by atoms with Crippen molar-refractivity contribution in [2.75, 3.05) is 6.61 Å². The van der Waals surface area contributed by atoms with E-state index in [9.17, 15) is 4.79 Å². The summed E-state index contributed by atoms with van der Waals surface area (Å²) in [6, 6.07) is 3.81.